The topological polar surface area (TPSA) is 92.8 Å². The van der Waals surface area contributed by atoms with Gasteiger partial charge >= 0.3 is 12.5 Å². The van der Waals surface area contributed by atoms with Crippen molar-refractivity contribution < 1.29 is 27.8 Å². The van der Waals surface area contributed by atoms with Gasteiger partial charge in [-0.3, -0.25) is 0 Å². The molecule has 0 unspecified atom stereocenters. The molecule has 29 heavy (non-hydrogen) atoms. The fourth-order valence-corrected chi connectivity index (χ4v) is 2.24. The van der Waals surface area contributed by atoms with E-state index in [9.17, 15) is 18.0 Å². The van der Waals surface area contributed by atoms with Crippen molar-refractivity contribution in [2.75, 3.05) is 7.05 Å². The summed E-state index contributed by atoms with van der Waals surface area (Å²) in [6.07, 6.45) is -3.09. The quantitative estimate of drug-likeness (QED) is 0.515. The lowest BCUT2D eigenvalue weighted by Gasteiger charge is -2.09. The van der Waals surface area contributed by atoms with E-state index in [0.717, 1.165) is 5.01 Å². The molecule has 1 aromatic heterocycles. The van der Waals surface area contributed by atoms with E-state index in [2.05, 4.69) is 19.9 Å². The Kier molecular flexibility index (Phi) is 5.48. The van der Waals surface area contributed by atoms with Gasteiger partial charge in [0, 0.05) is 12.6 Å². The summed E-state index contributed by atoms with van der Waals surface area (Å²) >= 11 is 0. The maximum Gasteiger partial charge on any atom is 0.573 e. The number of hydrogen-bond acceptors (Lipinski definition) is 5. The Labute approximate surface area is 162 Å². The van der Waals surface area contributed by atoms with Crippen molar-refractivity contribution in [1.29, 1.82) is 0 Å². The Bertz CT molecular complexity index is 1010. The molecule has 11 heteroatoms. The van der Waals surface area contributed by atoms with Crippen molar-refractivity contribution in [3.05, 3.63) is 60.4 Å². The van der Waals surface area contributed by atoms with E-state index in [1.165, 1.54) is 48.5 Å². The Morgan fingerprint density at radius 1 is 1.17 bits per heavy atom. The number of aromatic nitrogens is 3. The van der Waals surface area contributed by atoms with E-state index in [0.29, 0.717) is 22.6 Å². The van der Waals surface area contributed by atoms with Crippen LogP contribution in [0.5, 0.6) is 5.75 Å². The Morgan fingerprint density at radius 3 is 2.41 bits per heavy atom. The third-order valence-electron chi connectivity index (χ3n) is 3.65. The van der Waals surface area contributed by atoms with E-state index < -0.39 is 12.5 Å². The molecule has 0 radical (unpaired) electrons. The summed E-state index contributed by atoms with van der Waals surface area (Å²) in [4.78, 5) is 14.9. The minimum absolute atomic E-state index is 0.326. The molecule has 8 nitrogen and oxygen atoms in total. The fourth-order valence-electron chi connectivity index (χ4n) is 2.24. The first-order valence-corrected chi connectivity index (χ1v) is 8.10. The highest BCUT2D eigenvalue weighted by molar-refractivity contribution is 5.81. The van der Waals surface area contributed by atoms with Crippen LogP contribution in [-0.2, 0) is 0 Å². The second-order valence-corrected chi connectivity index (χ2v) is 5.73. The van der Waals surface area contributed by atoms with E-state index >= 15 is 0 Å². The molecule has 0 saturated heterocycles. The van der Waals surface area contributed by atoms with Crippen LogP contribution in [0.1, 0.15) is 5.56 Å². The predicted molar refractivity (Wildman–Crippen MR) is 96.9 cm³/mol. The summed E-state index contributed by atoms with van der Waals surface area (Å²) < 4.78 is 41.9. The molecule has 0 fully saturated rings. The zero-order valence-corrected chi connectivity index (χ0v) is 14.9. The number of benzene rings is 2. The molecule has 0 aliphatic heterocycles. The SMILES string of the molecule is CN(/N=C\c1ccc(-c2ncn(-c3ccc(OC(F)(F)F)cc3)n2)cc1)C(=O)O. The van der Waals surface area contributed by atoms with Gasteiger partial charge in [-0.25, -0.2) is 19.5 Å². The standard InChI is InChI=1S/C18H14F3N5O3/c1-25(17(27)28)23-10-12-2-4-13(5-3-12)16-22-11-26(24-16)14-6-8-15(9-7-14)29-18(19,20)21/h2-11H,1H3,(H,27,28)/b23-10-. The zero-order chi connectivity index (χ0) is 21.0. The van der Waals surface area contributed by atoms with Gasteiger partial charge in [-0.05, 0) is 29.8 Å². The number of carbonyl (C=O) groups is 1. The number of ether oxygens (including phenoxy) is 1. The number of rotatable bonds is 5. The predicted octanol–water partition coefficient (Wildman–Crippen LogP) is 3.78. The van der Waals surface area contributed by atoms with Crippen molar-refractivity contribution in [3.8, 4) is 22.8 Å². The molecule has 0 bridgehead atoms. The molecular formula is C18H14F3N5O3. The number of alkyl halides is 3. The smallest absolute Gasteiger partial charge is 0.464 e. The van der Waals surface area contributed by atoms with E-state index in [1.807, 2.05) is 0 Å². The largest absolute Gasteiger partial charge is 0.573 e. The molecular weight excluding hydrogens is 391 g/mol. The Hall–Kier alpha value is -3.89. The van der Waals surface area contributed by atoms with Crippen molar-refractivity contribution in [2.24, 2.45) is 5.10 Å². The maximum atomic E-state index is 12.2. The molecule has 1 amide bonds. The molecule has 0 spiro atoms. The van der Waals surface area contributed by atoms with Gasteiger partial charge in [0.25, 0.3) is 0 Å². The van der Waals surface area contributed by atoms with Gasteiger partial charge in [0.05, 0.1) is 11.9 Å². The molecule has 3 aromatic rings. The van der Waals surface area contributed by atoms with Crippen molar-refractivity contribution in [2.45, 2.75) is 6.36 Å². The molecule has 150 valence electrons. The van der Waals surface area contributed by atoms with Crippen LogP contribution in [0.15, 0.2) is 60.0 Å². The lowest BCUT2D eigenvalue weighted by Crippen LogP contribution is -2.18. The summed E-state index contributed by atoms with van der Waals surface area (Å²) in [5.74, 6) is 0.0825. The highest BCUT2D eigenvalue weighted by atomic mass is 19.4. The first-order chi connectivity index (χ1) is 13.7. The Balaban J connectivity index is 1.72. The molecule has 1 N–H and O–H groups in total. The minimum Gasteiger partial charge on any atom is -0.464 e. The number of hydrazone groups is 1. The van der Waals surface area contributed by atoms with E-state index in [1.54, 1.807) is 24.3 Å². The van der Waals surface area contributed by atoms with Gasteiger partial charge in [0.15, 0.2) is 5.82 Å². The van der Waals surface area contributed by atoms with Crippen LogP contribution < -0.4 is 4.74 Å². The van der Waals surface area contributed by atoms with E-state index in [4.69, 9.17) is 5.11 Å². The van der Waals surface area contributed by atoms with Crippen molar-refractivity contribution in [1.82, 2.24) is 19.8 Å². The van der Waals surface area contributed by atoms with Crippen LogP contribution in [0.4, 0.5) is 18.0 Å². The monoisotopic (exact) mass is 405 g/mol. The van der Waals surface area contributed by atoms with Crippen LogP contribution in [0.3, 0.4) is 0 Å². The number of nitrogens with zero attached hydrogens (tertiary/aromatic N) is 5. The zero-order valence-electron chi connectivity index (χ0n) is 14.9. The highest BCUT2D eigenvalue weighted by Gasteiger charge is 2.30. The average molecular weight is 405 g/mol. The third kappa shape index (κ3) is 5.31. The fraction of sp³-hybridized carbons (Fsp3) is 0.111. The first kappa shape index (κ1) is 19.9. The minimum atomic E-state index is -4.75. The molecule has 0 aliphatic rings. The number of carboxylic acid groups (broad SMARTS) is 1. The maximum absolute atomic E-state index is 12.2. The van der Waals surface area contributed by atoms with Crippen LogP contribution >= 0.6 is 0 Å². The molecule has 1 heterocycles. The van der Waals surface area contributed by atoms with E-state index in [-0.39, 0.29) is 5.75 Å². The summed E-state index contributed by atoms with van der Waals surface area (Å²) in [6, 6.07) is 12.1. The first-order valence-electron chi connectivity index (χ1n) is 8.10. The van der Waals surface area contributed by atoms with Gasteiger partial charge in [0.2, 0.25) is 0 Å². The third-order valence-corrected chi connectivity index (χ3v) is 3.65. The second-order valence-electron chi connectivity index (χ2n) is 5.73. The van der Waals surface area contributed by atoms with Crippen LogP contribution in [0, 0.1) is 0 Å². The van der Waals surface area contributed by atoms with Gasteiger partial charge in [-0.1, -0.05) is 24.3 Å². The van der Waals surface area contributed by atoms with Gasteiger partial charge in [-0.2, -0.15) is 5.10 Å². The summed E-state index contributed by atoms with van der Waals surface area (Å²) in [7, 11) is 1.31. The Morgan fingerprint density at radius 2 is 1.83 bits per heavy atom. The lowest BCUT2D eigenvalue weighted by atomic mass is 10.1. The second kappa shape index (κ2) is 8.00. The molecule has 0 saturated carbocycles. The van der Waals surface area contributed by atoms with Crippen LogP contribution in [-0.4, -0.2) is 50.6 Å². The number of hydrogen-bond donors (Lipinski definition) is 1. The van der Waals surface area contributed by atoms with Crippen LogP contribution in [0.25, 0.3) is 17.1 Å². The summed E-state index contributed by atoms with van der Waals surface area (Å²) in [5, 5.41) is 17.6. The lowest BCUT2D eigenvalue weighted by molar-refractivity contribution is -0.274. The number of amides is 1. The number of halogens is 3. The van der Waals surface area contributed by atoms with Crippen molar-refractivity contribution >= 4 is 12.3 Å². The molecule has 2 aromatic carbocycles. The molecule has 3 rings (SSSR count). The summed E-state index contributed by atoms with van der Waals surface area (Å²) in [6.45, 7) is 0. The van der Waals surface area contributed by atoms with Gasteiger partial charge in [0.1, 0.15) is 12.1 Å². The van der Waals surface area contributed by atoms with Crippen molar-refractivity contribution in [3.63, 3.8) is 0 Å². The average Bonchev–Trinajstić information content (AvgIpc) is 3.16. The van der Waals surface area contributed by atoms with Gasteiger partial charge < -0.3 is 9.84 Å². The summed E-state index contributed by atoms with van der Waals surface area (Å²) in [5.41, 5.74) is 1.89. The van der Waals surface area contributed by atoms with Gasteiger partial charge in [-0.15, -0.1) is 18.3 Å². The highest BCUT2D eigenvalue weighted by Crippen LogP contribution is 2.24. The van der Waals surface area contributed by atoms with Crippen LogP contribution in [0.2, 0.25) is 0 Å². The molecule has 0 atom stereocenters. The molecule has 0 aliphatic carbocycles. The normalized spacial score (nSPS) is 11.6.